The highest BCUT2D eigenvalue weighted by Gasteiger charge is 2.13. The van der Waals surface area contributed by atoms with Crippen LogP contribution in [0.2, 0.25) is 0 Å². The van der Waals surface area contributed by atoms with Crippen molar-refractivity contribution in [2.24, 2.45) is 5.41 Å². The van der Waals surface area contributed by atoms with Gasteiger partial charge in [-0.05, 0) is 11.8 Å². The van der Waals surface area contributed by atoms with Crippen LogP contribution in [0.4, 0.5) is 0 Å². The van der Waals surface area contributed by atoms with Gasteiger partial charge in [-0.1, -0.05) is 20.8 Å². The number of hydrogen-bond acceptors (Lipinski definition) is 3. The second-order valence-electron chi connectivity index (χ2n) is 4.10. The van der Waals surface area contributed by atoms with Crippen LogP contribution in [0.1, 0.15) is 32.9 Å². The fraction of sp³-hybridized carbons (Fsp3) is 0.700. The van der Waals surface area contributed by atoms with Crippen molar-refractivity contribution in [3.8, 4) is 0 Å². The van der Waals surface area contributed by atoms with E-state index in [1.165, 1.54) is 6.42 Å². The van der Waals surface area contributed by atoms with E-state index in [4.69, 9.17) is 0 Å². The summed E-state index contributed by atoms with van der Waals surface area (Å²) in [5.74, 6) is 0. The molecule has 0 aliphatic carbocycles. The van der Waals surface area contributed by atoms with Gasteiger partial charge in [0.1, 0.15) is 0 Å². The Bertz CT molecular complexity index is 229. The molecule has 0 saturated heterocycles. The maximum atomic E-state index is 4.22. The van der Waals surface area contributed by atoms with E-state index in [-0.39, 0.29) is 0 Å². The minimum Gasteiger partial charge on any atom is -0.311 e. The molecule has 1 aromatic heterocycles. The predicted octanol–water partition coefficient (Wildman–Crippen LogP) is 2.67. The molecule has 1 aromatic rings. The number of thiazole rings is 1. The quantitative estimate of drug-likeness (QED) is 0.787. The van der Waals surface area contributed by atoms with Crippen molar-refractivity contribution in [2.75, 3.05) is 6.54 Å². The summed E-state index contributed by atoms with van der Waals surface area (Å²) >= 11 is 1.65. The van der Waals surface area contributed by atoms with Crippen LogP contribution in [0.5, 0.6) is 0 Å². The van der Waals surface area contributed by atoms with Crippen molar-refractivity contribution in [2.45, 2.75) is 33.7 Å². The number of rotatable bonds is 5. The van der Waals surface area contributed by atoms with Gasteiger partial charge in [0.05, 0.1) is 11.2 Å². The second kappa shape index (κ2) is 4.72. The molecule has 0 radical (unpaired) electrons. The zero-order valence-corrected chi connectivity index (χ0v) is 9.45. The maximum Gasteiger partial charge on any atom is 0.0795 e. The highest BCUT2D eigenvalue weighted by molar-refractivity contribution is 7.07. The summed E-state index contributed by atoms with van der Waals surface area (Å²) in [4.78, 5) is 4.22. The molecular weight excluding hydrogens is 180 g/mol. The second-order valence-corrected chi connectivity index (χ2v) is 4.82. The Morgan fingerprint density at radius 2 is 2.31 bits per heavy atom. The lowest BCUT2D eigenvalue weighted by Gasteiger charge is -2.22. The van der Waals surface area contributed by atoms with Crippen LogP contribution < -0.4 is 5.32 Å². The smallest absolute Gasteiger partial charge is 0.0795 e. The summed E-state index contributed by atoms with van der Waals surface area (Å²) in [6, 6.07) is 0. The number of nitrogens with one attached hydrogen (secondary N) is 1. The summed E-state index contributed by atoms with van der Waals surface area (Å²) in [6.45, 7) is 8.74. The molecule has 13 heavy (non-hydrogen) atoms. The average molecular weight is 198 g/mol. The molecule has 3 heteroatoms. The molecule has 0 fully saturated rings. The Morgan fingerprint density at radius 3 is 2.85 bits per heavy atom. The molecule has 0 bridgehead atoms. The lowest BCUT2D eigenvalue weighted by atomic mass is 9.90. The van der Waals surface area contributed by atoms with Gasteiger partial charge in [-0.2, -0.15) is 0 Å². The van der Waals surface area contributed by atoms with Crippen molar-refractivity contribution in [3.63, 3.8) is 0 Å². The van der Waals surface area contributed by atoms with Gasteiger partial charge in [0, 0.05) is 18.5 Å². The Morgan fingerprint density at radius 1 is 1.54 bits per heavy atom. The molecule has 0 spiro atoms. The van der Waals surface area contributed by atoms with E-state index < -0.39 is 0 Å². The minimum atomic E-state index is 0.399. The Hall–Kier alpha value is -0.410. The highest BCUT2D eigenvalue weighted by Crippen LogP contribution is 2.17. The third kappa shape index (κ3) is 3.87. The fourth-order valence-electron chi connectivity index (χ4n) is 0.979. The lowest BCUT2D eigenvalue weighted by Crippen LogP contribution is -2.28. The lowest BCUT2D eigenvalue weighted by molar-refractivity contribution is 0.327. The van der Waals surface area contributed by atoms with Crippen LogP contribution in [0.15, 0.2) is 10.9 Å². The minimum absolute atomic E-state index is 0.399. The maximum absolute atomic E-state index is 4.22. The number of nitrogens with zero attached hydrogens (tertiary/aromatic N) is 1. The molecule has 0 amide bonds. The van der Waals surface area contributed by atoms with Crippen LogP contribution in [0.3, 0.4) is 0 Å². The number of hydrogen-bond donors (Lipinski definition) is 1. The fourth-order valence-corrected chi connectivity index (χ4v) is 1.54. The molecule has 0 atom stereocenters. The van der Waals surface area contributed by atoms with E-state index in [1.54, 1.807) is 11.3 Å². The van der Waals surface area contributed by atoms with E-state index in [0.717, 1.165) is 18.8 Å². The Kier molecular flexibility index (Phi) is 3.88. The van der Waals surface area contributed by atoms with Crippen molar-refractivity contribution in [1.82, 2.24) is 10.3 Å². The van der Waals surface area contributed by atoms with Crippen LogP contribution in [0.25, 0.3) is 0 Å². The standard InChI is InChI=1S/C10H18N2S/c1-4-10(2,3)7-11-5-9-6-13-8-12-9/h6,8,11H,4-5,7H2,1-3H3. The monoisotopic (exact) mass is 198 g/mol. The molecule has 1 rings (SSSR count). The Balaban J connectivity index is 2.21. The summed E-state index contributed by atoms with van der Waals surface area (Å²) in [5.41, 5.74) is 3.43. The van der Waals surface area contributed by atoms with E-state index in [0.29, 0.717) is 5.41 Å². The van der Waals surface area contributed by atoms with Gasteiger partial charge in [0.25, 0.3) is 0 Å². The Labute approximate surface area is 84.4 Å². The van der Waals surface area contributed by atoms with Crippen molar-refractivity contribution in [3.05, 3.63) is 16.6 Å². The molecule has 0 unspecified atom stereocenters. The third-order valence-corrected chi connectivity index (χ3v) is 2.99. The average Bonchev–Trinajstić information content (AvgIpc) is 2.57. The topological polar surface area (TPSA) is 24.9 Å². The zero-order chi connectivity index (χ0) is 9.73. The van der Waals surface area contributed by atoms with Crippen molar-refractivity contribution in [1.29, 1.82) is 0 Å². The molecule has 0 aliphatic heterocycles. The van der Waals surface area contributed by atoms with Crippen LogP contribution >= 0.6 is 11.3 Å². The van der Waals surface area contributed by atoms with Crippen LogP contribution in [-0.4, -0.2) is 11.5 Å². The van der Waals surface area contributed by atoms with Gasteiger partial charge in [-0.25, -0.2) is 4.98 Å². The van der Waals surface area contributed by atoms with Gasteiger partial charge < -0.3 is 5.32 Å². The van der Waals surface area contributed by atoms with Crippen molar-refractivity contribution < 1.29 is 0 Å². The van der Waals surface area contributed by atoms with Crippen molar-refractivity contribution >= 4 is 11.3 Å². The summed E-state index contributed by atoms with van der Waals surface area (Å²) in [5, 5.41) is 5.51. The molecule has 1 N–H and O–H groups in total. The summed E-state index contributed by atoms with van der Waals surface area (Å²) < 4.78 is 0. The van der Waals surface area contributed by atoms with E-state index in [1.807, 2.05) is 5.51 Å². The molecule has 0 aliphatic rings. The van der Waals surface area contributed by atoms with Gasteiger partial charge in [-0.3, -0.25) is 0 Å². The van der Waals surface area contributed by atoms with Gasteiger partial charge in [0.2, 0.25) is 0 Å². The first-order valence-corrected chi connectivity index (χ1v) is 5.66. The van der Waals surface area contributed by atoms with Gasteiger partial charge >= 0.3 is 0 Å². The van der Waals surface area contributed by atoms with Gasteiger partial charge in [-0.15, -0.1) is 11.3 Å². The number of aromatic nitrogens is 1. The zero-order valence-electron chi connectivity index (χ0n) is 8.63. The largest absolute Gasteiger partial charge is 0.311 e. The molecular formula is C10H18N2S. The first-order valence-electron chi connectivity index (χ1n) is 4.72. The molecule has 74 valence electrons. The SMILES string of the molecule is CCC(C)(C)CNCc1cscn1. The predicted molar refractivity (Wildman–Crippen MR) is 57.9 cm³/mol. The third-order valence-electron chi connectivity index (χ3n) is 2.35. The first-order chi connectivity index (χ1) is 6.14. The molecule has 0 aromatic carbocycles. The summed E-state index contributed by atoms with van der Waals surface area (Å²) in [6.07, 6.45) is 1.21. The first kappa shape index (κ1) is 10.7. The molecule has 2 nitrogen and oxygen atoms in total. The van der Waals surface area contributed by atoms with E-state index >= 15 is 0 Å². The molecule has 0 saturated carbocycles. The normalized spacial score (nSPS) is 11.9. The van der Waals surface area contributed by atoms with Crippen LogP contribution in [-0.2, 0) is 6.54 Å². The van der Waals surface area contributed by atoms with E-state index in [9.17, 15) is 0 Å². The highest BCUT2D eigenvalue weighted by atomic mass is 32.1. The molecule has 1 heterocycles. The van der Waals surface area contributed by atoms with Crippen LogP contribution in [0, 0.1) is 5.41 Å². The summed E-state index contributed by atoms with van der Waals surface area (Å²) in [7, 11) is 0. The van der Waals surface area contributed by atoms with E-state index in [2.05, 4.69) is 36.5 Å². The van der Waals surface area contributed by atoms with Gasteiger partial charge in [0.15, 0.2) is 0 Å².